The van der Waals surface area contributed by atoms with Gasteiger partial charge in [-0.2, -0.15) is 5.10 Å². The first-order valence-electron chi connectivity index (χ1n) is 6.15. The van der Waals surface area contributed by atoms with E-state index in [1.807, 2.05) is 38.5 Å². The van der Waals surface area contributed by atoms with Crippen LogP contribution in [0, 0.1) is 0 Å². The number of rotatable bonds is 5. The van der Waals surface area contributed by atoms with Gasteiger partial charge in [0, 0.05) is 29.7 Å². The Balaban J connectivity index is 2.16. The fourth-order valence-electron chi connectivity index (χ4n) is 1.87. The minimum absolute atomic E-state index is 0.0521. The quantitative estimate of drug-likeness (QED) is 0.854. The molecule has 1 aromatic heterocycles. The molecule has 0 radical (unpaired) electrons. The van der Waals surface area contributed by atoms with E-state index in [1.54, 1.807) is 23.6 Å². The van der Waals surface area contributed by atoms with Gasteiger partial charge < -0.3 is 10.5 Å². The number of methoxy groups -OCH3 is 1. The van der Waals surface area contributed by atoms with Crippen molar-refractivity contribution in [1.82, 2.24) is 9.78 Å². The van der Waals surface area contributed by atoms with Crippen LogP contribution in [0.2, 0.25) is 0 Å². The van der Waals surface area contributed by atoms with Gasteiger partial charge in [-0.3, -0.25) is 4.68 Å². The number of benzene rings is 1. The molecule has 2 N–H and O–H groups in total. The second kappa shape index (κ2) is 6.12. The summed E-state index contributed by atoms with van der Waals surface area (Å²) in [5.41, 5.74) is 7.25. The first-order chi connectivity index (χ1) is 9.10. The Morgan fingerprint density at radius 2 is 2.00 bits per heavy atom. The largest absolute Gasteiger partial charge is 0.497 e. The van der Waals surface area contributed by atoms with E-state index in [0.29, 0.717) is 0 Å². The summed E-state index contributed by atoms with van der Waals surface area (Å²) in [7, 11) is 3.59. The Kier molecular flexibility index (Phi) is 4.50. The summed E-state index contributed by atoms with van der Waals surface area (Å²) in [6, 6.07) is 8.08. The lowest BCUT2D eigenvalue weighted by atomic mass is 10.1. The maximum atomic E-state index is 6.10. The van der Waals surface area contributed by atoms with Crippen LogP contribution < -0.4 is 10.5 Å². The van der Waals surface area contributed by atoms with Crippen molar-refractivity contribution in [2.24, 2.45) is 12.8 Å². The fourth-order valence-corrected chi connectivity index (χ4v) is 2.93. The monoisotopic (exact) mass is 277 g/mol. The minimum atomic E-state index is 0.0521. The average Bonchev–Trinajstić information content (AvgIpc) is 2.82. The molecule has 0 fully saturated rings. The molecule has 4 nitrogen and oxygen atoms in total. The molecule has 2 atom stereocenters. The van der Waals surface area contributed by atoms with E-state index in [-0.39, 0.29) is 11.3 Å². The number of nitrogens with zero attached hydrogens (tertiary/aromatic N) is 2. The minimum Gasteiger partial charge on any atom is -0.497 e. The predicted molar refractivity (Wildman–Crippen MR) is 78.4 cm³/mol. The summed E-state index contributed by atoms with van der Waals surface area (Å²) in [6.45, 7) is 2.02. The molecule has 1 aromatic carbocycles. The standard InChI is InChI=1S/C14H19N3OS/c1-10(15)14(11-8-16-17(2)9-11)19-13-6-4-12(18-3)5-7-13/h4-10,14H,15H2,1-3H3. The second-order valence-corrected chi connectivity index (χ2v) is 5.74. The van der Waals surface area contributed by atoms with Gasteiger partial charge in [0.25, 0.3) is 0 Å². The lowest BCUT2D eigenvalue weighted by Crippen LogP contribution is -2.22. The maximum absolute atomic E-state index is 6.10. The molecule has 0 saturated heterocycles. The highest BCUT2D eigenvalue weighted by molar-refractivity contribution is 7.99. The average molecular weight is 277 g/mol. The van der Waals surface area contributed by atoms with Gasteiger partial charge in [-0.25, -0.2) is 0 Å². The zero-order valence-electron chi connectivity index (χ0n) is 11.4. The maximum Gasteiger partial charge on any atom is 0.118 e. The van der Waals surface area contributed by atoms with Crippen molar-refractivity contribution in [3.05, 3.63) is 42.2 Å². The topological polar surface area (TPSA) is 53.1 Å². The first kappa shape index (κ1) is 14.0. The van der Waals surface area contributed by atoms with Crippen molar-refractivity contribution in [2.75, 3.05) is 7.11 Å². The van der Waals surface area contributed by atoms with E-state index in [9.17, 15) is 0 Å². The van der Waals surface area contributed by atoms with Crippen molar-refractivity contribution in [3.63, 3.8) is 0 Å². The number of aryl methyl sites for hydroxylation is 1. The fraction of sp³-hybridized carbons (Fsp3) is 0.357. The van der Waals surface area contributed by atoms with E-state index in [4.69, 9.17) is 10.5 Å². The Morgan fingerprint density at radius 3 is 2.47 bits per heavy atom. The van der Waals surface area contributed by atoms with Crippen LogP contribution in [0.4, 0.5) is 0 Å². The molecule has 102 valence electrons. The number of aromatic nitrogens is 2. The highest BCUT2D eigenvalue weighted by Crippen LogP contribution is 2.37. The number of hydrogen-bond acceptors (Lipinski definition) is 4. The van der Waals surface area contributed by atoms with E-state index in [0.717, 1.165) is 11.3 Å². The van der Waals surface area contributed by atoms with Crippen LogP contribution in [0.3, 0.4) is 0 Å². The van der Waals surface area contributed by atoms with E-state index in [1.165, 1.54) is 4.90 Å². The van der Waals surface area contributed by atoms with E-state index >= 15 is 0 Å². The molecular weight excluding hydrogens is 258 g/mol. The summed E-state index contributed by atoms with van der Waals surface area (Å²) in [5, 5.41) is 4.41. The molecule has 0 bridgehead atoms. The summed E-state index contributed by atoms with van der Waals surface area (Å²) in [5.74, 6) is 0.864. The van der Waals surface area contributed by atoms with Crippen molar-refractivity contribution < 1.29 is 4.74 Å². The van der Waals surface area contributed by atoms with Crippen LogP contribution >= 0.6 is 11.8 Å². The zero-order chi connectivity index (χ0) is 13.8. The van der Waals surface area contributed by atoms with Crippen molar-refractivity contribution in [1.29, 1.82) is 0 Å². The number of hydrogen-bond donors (Lipinski definition) is 1. The lowest BCUT2D eigenvalue weighted by molar-refractivity contribution is 0.414. The summed E-state index contributed by atoms with van der Waals surface area (Å²) in [6.07, 6.45) is 3.90. The lowest BCUT2D eigenvalue weighted by Gasteiger charge is -2.19. The molecule has 5 heteroatoms. The molecule has 2 rings (SSSR count). The summed E-state index contributed by atoms with van der Waals surface area (Å²) >= 11 is 1.75. The Hall–Kier alpha value is -1.46. The molecule has 0 aliphatic carbocycles. The van der Waals surface area contributed by atoms with Crippen LogP contribution in [0.1, 0.15) is 17.7 Å². The molecule has 0 aliphatic rings. The molecule has 1 heterocycles. The van der Waals surface area contributed by atoms with Crippen LogP contribution in [0.15, 0.2) is 41.6 Å². The normalized spacial score (nSPS) is 14.1. The molecule has 0 spiro atoms. The zero-order valence-corrected chi connectivity index (χ0v) is 12.2. The third kappa shape index (κ3) is 3.52. The first-order valence-corrected chi connectivity index (χ1v) is 7.03. The highest BCUT2D eigenvalue weighted by atomic mass is 32.2. The Bertz CT molecular complexity index is 522. The van der Waals surface area contributed by atoms with Gasteiger partial charge in [0.1, 0.15) is 5.75 Å². The molecule has 0 aliphatic heterocycles. The number of ether oxygens (including phenoxy) is 1. The van der Waals surface area contributed by atoms with Gasteiger partial charge in [-0.1, -0.05) is 0 Å². The predicted octanol–water partition coefficient (Wildman–Crippen LogP) is 2.61. The molecule has 0 amide bonds. The molecular formula is C14H19N3OS. The summed E-state index contributed by atoms with van der Waals surface area (Å²) in [4.78, 5) is 1.17. The number of nitrogens with two attached hydrogens (primary N) is 1. The van der Waals surface area contributed by atoms with Gasteiger partial charge in [-0.05, 0) is 31.2 Å². The number of thioether (sulfide) groups is 1. The SMILES string of the molecule is COc1ccc(SC(c2cnn(C)c2)C(C)N)cc1. The Morgan fingerprint density at radius 1 is 1.32 bits per heavy atom. The smallest absolute Gasteiger partial charge is 0.118 e. The van der Waals surface area contributed by atoms with Gasteiger partial charge >= 0.3 is 0 Å². The van der Waals surface area contributed by atoms with Crippen LogP contribution in [-0.4, -0.2) is 22.9 Å². The van der Waals surface area contributed by atoms with Gasteiger partial charge in [0.05, 0.1) is 18.6 Å². The highest BCUT2D eigenvalue weighted by Gasteiger charge is 2.19. The molecule has 19 heavy (non-hydrogen) atoms. The van der Waals surface area contributed by atoms with Gasteiger partial charge in [-0.15, -0.1) is 11.8 Å². The Labute approximate surface area is 117 Å². The summed E-state index contributed by atoms with van der Waals surface area (Å²) < 4.78 is 6.97. The van der Waals surface area contributed by atoms with Crippen molar-refractivity contribution in [3.8, 4) is 5.75 Å². The second-order valence-electron chi connectivity index (χ2n) is 4.52. The van der Waals surface area contributed by atoms with Gasteiger partial charge in [0.2, 0.25) is 0 Å². The van der Waals surface area contributed by atoms with Crippen LogP contribution in [0.5, 0.6) is 5.75 Å². The van der Waals surface area contributed by atoms with E-state index in [2.05, 4.69) is 17.2 Å². The molecule has 0 saturated carbocycles. The van der Waals surface area contributed by atoms with Crippen molar-refractivity contribution in [2.45, 2.75) is 23.1 Å². The van der Waals surface area contributed by atoms with E-state index < -0.39 is 0 Å². The molecule has 2 aromatic rings. The third-order valence-corrected chi connectivity index (χ3v) is 4.35. The van der Waals surface area contributed by atoms with Crippen molar-refractivity contribution >= 4 is 11.8 Å². The molecule has 2 unspecified atom stereocenters. The van der Waals surface area contributed by atoms with Crippen LogP contribution in [0.25, 0.3) is 0 Å². The third-order valence-electron chi connectivity index (χ3n) is 2.85. The van der Waals surface area contributed by atoms with Gasteiger partial charge in [0.15, 0.2) is 0 Å². The van der Waals surface area contributed by atoms with Crippen LogP contribution in [-0.2, 0) is 7.05 Å².